The number of hydrogen-bond donors (Lipinski definition) is 0. The molecule has 1 amide bonds. The second kappa shape index (κ2) is 8.54. The van der Waals surface area contributed by atoms with Gasteiger partial charge in [-0.3, -0.25) is 4.79 Å². The minimum atomic E-state index is -0.00375. The van der Waals surface area contributed by atoms with E-state index in [0.29, 0.717) is 26.3 Å². The third kappa shape index (κ3) is 4.24. The maximum atomic E-state index is 12.5. The largest absolute Gasteiger partial charge is 0.378 e. The highest BCUT2D eigenvalue weighted by Gasteiger charge is 2.15. The molecule has 0 unspecified atom stereocenters. The Morgan fingerprint density at radius 3 is 2.61 bits per heavy atom. The number of halogens is 1. The number of carbonyl (C=O) groups is 1. The summed E-state index contributed by atoms with van der Waals surface area (Å²) in [5.74, 6) is -0.00375. The normalized spacial score (nSPS) is 14.5. The summed E-state index contributed by atoms with van der Waals surface area (Å²) >= 11 is 3.52. The Morgan fingerprint density at radius 1 is 1.07 bits per heavy atom. The Labute approximate surface area is 172 Å². The fourth-order valence-corrected chi connectivity index (χ4v) is 3.53. The van der Waals surface area contributed by atoms with E-state index in [1.165, 1.54) is 0 Å². The van der Waals surface area contributed by atoms with Gasteiger partial charge in [0.25, 0.3) is 0 Å². The summed E-state index contributed by atoms with van der Waals surface area (Å²) in [5.41, 5.74) is 3.68. The SMILES string of the molecule is O=C(/C=C/c1cn(-c2ccccc2)nc1-c1cccc(Br)c1)N1CCOCC1. The molecule has 2 aromatic carbocycles. The van der Waals surface area contributed by atoms with Gasteiger partial charge >= 0.3 is 0 Å². The third-order valence-corrected chi connectivity index (χ3v) is 5.08. The van der Waals surface area contributed by atoms with Gasteiger partial charge in [0.1, 0.15) is 0 Å². The Morgan fingerprint density at radius 2 is 1.86 bits per heavy atom. The Kier molecular flexibility index (Phi) is 5.69. The first-order valence-corrected chi connectivity index (χ1v) is 9.96. The molecule has 142 valence electrons. The highest BCUT2D eigenvalue weighted by molar-refractivity contribution is 9.10. The number of aromatic nitrogens is 2. The lowest BCUT2D eigenvalue weighted by Gasteiger charge is -2.25. The summed E-state index contributed by atoms with van der Waals surface area (Å²) < 4.78 is 8.14. The first-order valence-electron chi connectivity index (χ1n) is 9.16. The van der Waals surface area contributed by atoms with Gasteiger partial charge in [0.15, 0.2) is 0 Å². The zero-order valence-electron chi connectivity index (χ0n) is 15.3. The highest BCUT2D eigenvalue weighted by atomic mass is 79.9. The summed E-state index contributed by atoms with van der Waals surface area (Å²) in [6.45, 7) is 2.44. The fourth-order valence-electron chi connectivity index (χ4n) is 3.13. The van der Waals surface area contributed by atoms with Crippen LogP contribution in [0.5, 0.6) is 0 Å². The van der Waals surface area contributed by atoms with Crippen LogP contribution in [-0.4, -0.2) is 46.9 Å². The number of amides is 1. The minimum absolute atomic E-state index is 0.00375. The van der Waals surface area contributed by atoms with Crippen molar-refractivity contribution in [3.8, 4) is 16.9 Å². The van der Waals surface area contributed by atoms with Crippen molar-refractivity contribution in [2.75, 3.05) is 26.3 Å². The molecule has 1 saturated heterocycles. The minimum Gasteiger partial charge on any atom is -0.378 e. The summed E-state index contributed by atoms with van der Waals surface area (Å²) in [7, 11) is 0. The van der Waals surface area contributed by atoms with Crippen LogP contribution in [0.2, 0.25) is 0 Å². The number of rotatable bonds is 4. The van der Waals surface area contributed by atoms with Crippen LogP contribution >= 0.6 is 15.9 Å². The van der Waals surface area contributed by atoms with Crippen molar-refractivity contribution in [3.63, 3.8) is 0 Å². The number of benzene rings is 2. The standard InChI is InChI=1S/C22H20BrN3O2/c23-19-6-4-5-17(15-19)22-18(9-10-21(27)25-11-13-28-14-12-25)16-26(24-22)20-7-2-1-3-8-20/h1-10,15-16H,11-14H2/b10-9+. The molecule has 1 aliphatic heterocycles. The second-order valence-electron chi connectivity index (χ2n) is 6.49. The number of ether oxygens (including phenoxy) is 1. The second-order valence-corrected chi connectivity index (χ2v) is 7.41. The maximum Gasteiger partial charge on any atom is 0.246 e. The average Bonchev–Trinajstić information content (AvgIpc) is 3.18. The van der Waals surface area contributed by atoms with Crippen molar-refractivity contribution >= 4 is 27.9 Å². The van der Waals surface area contributed by atoms with E-state index in [1.807, 2.05) is 71.6 Å². The highest BCUT2D eigenvalue weighted by Crippen LogP contribution is 2.27. The topological polar surface area (TPSA) is 47.4 Å². The maximum absolute atomic E-state index is 12.5. The van der Waals surface area contributed by atoms with Crippen molar-refractivity contribution in [1.29, 1.82) is 0 Å². The summed E-state index contributed by atoms with van der Waals surface area (Å²) in [6.07, 6.45) is 5.42. The molecule has 5 nitrogen and oxygen atoms in total. The fraction of sp³-hybridized carbons (Fsp3) is 0.182. The number of hydrogen-bond acceptors (Lipinski definition) is 3. The van der Waals surface area contributed by atoms with Gasteiger partial charge in [0.2, 0.25) is 5.91 Å². The summed E-state index contributed by atoms with van der Waals surface area (Å²) in [5, 5.41) is 4.78. The molecular formula is C22H20BrN3O2. The molecule has 0 spiro atoms. The van der Waals surface area contributed by atoms with E-state index in [0.717, 1.165) is 27.0 Å². The molecule has 0 aliphatic carbocycles. The van der Waals surface area contributed by atoms with E-state index in [2.05, 4.69) is 15.9 Å². The number of carbonyl (C=O) groups excluding carboxylic acids is 1. The van der Waals surface area contributed by atoms with Crippen LogP contribution in [0.1, 0.15) is 5.56 Å². The Bertz CT molecular complexity index is 992. The zero-order valence-corrected chi connectivity index (χ0v) is 16.9. The van der Waals surface area contributed by atoms with Crippen molar-refractivity contribution in [1.82, 2.24) is 14.7 Å². The van der Waals surface area contributed by atoms with Crippen LogP contribution in [0.15, 0.2) is 71.3 Å². The molecular weight excluding hydrogens is 418 g/mol. The molecule has 0 atom stereocenters. The van der Waals surface area contributed by atoms with Gasteiger partial charge in [-0.15, -0.1) is 0 Å². The number of para-hydroxylation sites is 1. The van der Waals surface area contributed by atoms with E-state index in [4.69, 9.17) is 9.84 Å². The lowest BCUT2D eigenvalue weighted by molar-refractivity contribution is -0.129. The van der Waals surface area contributed by atoms with Gasteiger partial charge < -0.3 is 9.64 Å². The molecule has 1 aromatic heterocycles. The molecule has 4 rings (SSSR count). The van der Waals surface area contributed by atoms with Gasteiger partial charge in [0, 0.05) is 41.0 Å². The van der Waals surface area contributed by atoms with Gasteiger partial charge in [0.05, 0.1) is 24.6 Å². The average molecular weight is 438 g/mol. The van der Waals surface area contributed by atoms with Crippen LogP contribution < -0.4 is 0 Å². The van der Waals surface area contributed by atoms with E-state index < -0.39 is 0 Å². The van der Waals surface area contributed by atoms with Gasteiger partial charge in [-0.1, -0.05) is 46.3 Å². The van der Waals surface area contributed by atoms with Crippen LogP contribution in [0.4, 0.5) is 0 Å². The van der Waals surface area contributed by atoms with Crippen molar-refractivity contribution in [3.05, 3.63) is 76.9 Å². The quantitative estimate of drug-likeness (QED) is 0.575. The predicted octanol–water partition coefficient (Wildman–Crippen LogP) is 4.17. The van der Waals surface area contributed by atoms with Crippen LogP contribution in [0, 0.1) is 0 Å². The monoisotopic (exact) mass is 437 g/mol. The van der Waals surface area contributed by atoms with E-state index in [9.17, 15) is 4.79 Å². The molecule has 28 heavy (non-hydrogen) atoms. The molecule has 0 radical (unpaired) electrons. The first-order chi connectivity index (χ1) is 13.7. The van der Waals surface area contributed by atoms with Crippen molar-refractivity contribution < 1.29 is 9.53 Å². The smallest absolute Gasteiger partial charge is 0.246 e. The van der Waals surface area contributed by atoms with Gasteiger partial charge in [-0.05, 0) is 30.3 Å². The van der Waals surface area contributed by atoms with Crippen LogP contribution in [-0.2, 0) is 9.53 Å². The molecule has 0 bridgehead atoms. The Balaban J connectivity index is 1.69. The zero-order chi connectivity index (χ0) is 19.3. The number of nitrogens with zero attached hydrogens (tertiary/aromatic N) is 3. The lowest BCUT2D eigenvalue weighted by atomic mass is 10.1. The Hall–Kier alpha value is -2.70. The van der Waals surface area contributed by atoms with Gasteiger partial charge in [-0.25, -0.2) is 4.68 Å². The van der Waals surface area contributed by atoms with E-state index in [1.54, 1.807) is 11.0 Å². The third-order valence-electron chi connectivity index (χ3n) is 4.59. The van der Waals surface area contributed by atoms with Crippen LogP contribution in [0.3, 0.4) is 0 Å². The van der Waals surface area contributed by atoms with Crippen LogP contribution in [0.25, 0.3) is 23.0 Å². The molecule has 1 fully saturated rings. The molecule has 3 aromatic rings. The molecule has 0 saturated carbocycles. The summed E-state index contributed by atoms with van der Waals surface area (Å²) in [4.78, 5) is 14.3. The van der Waals surface area contributed by atoms with Crippen molar-refractivity contribution in [2.24, 2.45) is 0 Å². The number of morpholine rings is 1. The molecule has 6 heteroatoms. The van der Waals surface area contributed by atoms with Crippen molar-refractivity contribution in [2.45, 2.75) is 0 Å². The lowest BCUT2D eigenvalue weighted by Crippen LogP contribution is -2.39. The molecule has 2 heterocycles. The predicted molar refractivity (Wildman–Crippen MR) is 113 cm³/mol. The first kappa shape index (κ1) is 18.7. The van der Waals surface area contributed by atoms with E-state index in [-0.39, 0.29) is 5.91 Å². The van der Waals surface area contributed by atoms with Gasteiger partial charge in [-0.2, -0.15) is 5.10 Å². The molecule has 0 N–H and O–H groups in total. The summed E-state index contributed by atoms with van der Waals surface area (Å²) in [6, 6.07) is 17.9. The molecule has 1 aliphatic rings. The van der Waals surface area contributed by atoms with E-state index >= 15 is 0 Å².